The Balaban J connectivity index is 2.25. The molecule has 1 heterocycles. The van der Waals surface area contributed by atoms with Crippen molar-refractivity contribution < 1.29 is 4.39 Å². The maximum Gasteiger partial charge on any atom is 0.346 e. The number of aromatic nitrogens is 3. The van der Waals surface area contributed by atoms with Gasteiger partial charge in [0.15, 0.2) is 0 Å². The average Bonchev–Trinajstić information content (AvgIpc) is 2.51. The van der Waals surface area contributed by atoms with E-state index in [4.69, 9.17) is 0 Å². The highest BCUT2D eigenvalue weighted by Crippen LogP contribution is 2.18. The SMILES string of the molecule is CN(C)C(CNc1nn(C)c(=O)n(C)c1=O)c1ccc(F)cc1. The van der Waals surface area contributed by atoms with Crippen LogP contribution in [0.4, 0.5) is 10.2 Å². The highest BCUT2D eigenvalue weighted by molar-refractivity contribution is 5.31. The first-order valence-electron chi connectivity index (χ1n) is 7.11. The molecule has 1 unspecified atom stereocenters. The molecule has 0 aliphatic heterocycles. The zero-order valence-corrected chi connectivity index (χ0v) is 13.6. The predicted octanol–water partition coefficient (Wildman–Crippen LogP) is 0.333. The van der Waals surface area contributed by atoms with E-state index in [9.17, 15) is 14.0 Å². The second kappa shape index (κ2) is 6.74. The smallest absolute Gasteiger partial charge is 0.346 e. The number of nitrogens with zero attached hydrogens (tertiary/aromatic N) is 4. The van der Waals surface area contributed by atoms with Gasteiger partial charge in [-0.05, 0) is 31.8 Å². The van der Waals surface area contributed by atoms with Gasteiger partial charge in [0.1, 0.15) is 5.82 Å². The van der Waals surface area contributed by atoms with Crippen molar-refractivity contribution in [3.8, 4) is 0 Å². The fraction of sp³-hybridized carbons (Fsp3) is 0.400. The molecule has 0 saturated carbocycles. The summed E-state index contributed by atoms with van der Waals surface area (Å²) in [5.74, 6) is -0.198. The Morgan fingerprint density at radius 3 is 2.39 bits per heavy atom. The van der Waals surface area contributed by atoms with E-state index >= 15 is 0 Å². The molecule has 23 heavy (non-hydrogen) atoms. The first-order valence-corrected chi connectivity index (χ1v) is 7.11. The summed E-state index contributed by atoms with van der Waals surface area (Å²) < 4.78 is 15.2. The van der Waals surface area contributed by atoms with Crippen molar-refractivity contribution >= 4 is 5.82 Å². The average molecular weight is 321 g/mol. The number of likely N-dealkylation sites (N-methyl/N-ethyl adjacent to an activating group) is 1. The number of hydrogen-bond acceptors (Lipinski definition) is 5. The summed E-state index contributed by atoms with van der Waals surface area (Å²) in [6.07, 6.45) is 0. The lowest BCUT2D eigenvalue weighted by atomic mass is 10.1. The van der Waals surface area contributed by atoms with Gasteiger partial charge < -0.3 is 10.2 Å². The van der Waals surface area contributed by atoms with Crippen LogP contribution in [0.2, 0.25) is 0 Å². The van der Waals surface area contributed by atoms with Crippen molar-refractivity contribution in [1.29, 1.82) is 0 Å². The first-order chi connectivity index (χ1) is 10.8. The van der Waals surface area contributed by atoms with Gasteiger partial charge in [0.2, 0.25) is 5.82 Å². The molecule has 1 aromatic heterocycles. The Hall–Kier alpha value is -2.48. The minimum absolute atomic E-state index is 0.0839. The molecule has 0 spiro atoms. The number of hydrogen-bond donors (Lipinski definition) is 1. The van der Waals surface area contributed by atoms with E-state index in [0.717, 1.165) is 14.8 Å². The molecule has 1 aromatic carbocycles. The van der Waals surface area contributed by atoms with Crippen LogP contribution < -0.4 is 16.6 Å². The molecule has 0 amide bonds. The Morgan fingerprint density at radius 2 is 1.83 bits per heavy atom. The van der Waals surface area contributed by atoms with Crippen molar-refractivity contribution in [2.45, 2.75) is 6.04 Å². The monoisotopic (exact) mass is 321 g/mol. The normalized spacial score (nSPS) is 12.4. The van der Waals surface area contributed by atoms with Gasteiger partial charge in [-0.15, -0.1) is 5.10 Å². The molecular weight excluding hydrogens is 301 g/mol. The maximum atomic E-state index is 13.1. The van der Waals surface area contributed by atoms with Crippen LogP contribution in [0.15, 0.2) is 33.9 Å². The second-order valence-electron chi connectivity index (χ2n) is 5.53. The Morgan fingerprint density at radius 1 is 1.22 bits per heavy atom. The lowest BCUT2D eigenvalue weighted by molar-refractivity contribution is 0.311. The first kappa shape index (κ1) is 16.9. The van der Waals surface area contributed by atoms with E-state index in [1.165, 1.54) is 26.2 Å². The topological polar surface area (TPSA) is 72.2 Å². The Bertz CT molecular complexity index is 795. The molecule has 0 saturated heterocycles. The number of rotatable bonds is 5. The van der Waals surface area contributed by atoms with Gasteiger partial charge in [-0.25, -0.2) is 13.9 Å². The Labute approximate surface area is 133 Å². The molecule has 1 N–H and O–H groups in total. The van der Waals surface area contributed by atoms with Gasteiger partial charge in [0.05, 0.1) is 6.04 Å². The summed E-state index contributed by atoms with van der Waals surface area (Å²) in [6.45, 7) is 0.388. The molecule has 124 valence electrons. The molecule has 0 fully saturated rings. The van der Waals surface area contributed by atoms with Crippen LogP contribution in [0.5, 0.6) is 0 Å². The van der Waals surface area contributed by atoms with Crippen LogP contribution in [0.1, 0.15) is 11.6 Å². The van der Waals surface area contributed by atoms with Crippen molar-refractivity contribution in [3.63, 3.8) is 0 Å². The molecule has 0 bridgehead atoms. The van der Waals surface area contributed by atoms with Gasteiger partial charge in [0.25, 0.3) is 5.56 Å². The van der Waals surface area contributed by atoms with Crippen LogP contribution in [0.3, 0.4) is 0 Å². The molecule has 7 nitrogen and oxygen atoms in total. The van der Waals surface area contributed by atoms with E-state index < -0.39 is 11.2 Å². The largest absolute Gasteiger partial charge is 0.362 e. The van der Waals surface area contributed by atoms with E-state index in [-0.39, 0.29) is 17.7 Å². The molecule has 0 aliphatic carbocycles. The molecule has 8 heteroatoms. The highest BCUT2D eigenvalue weighted by Gasteiger charge is 2.16. The third kappa shape index (κ3) is 3.65. The number of nitrogens with one attached hydrogen (secondary N) is 1. The predicted molar refractivity (Wildman–Crippen MR) is 86.0 cm³/mol. The lowest BCUT2D eigenvalue weighted by Crippen LogP contribution is -2.40. The lowest BCUT2D eigenvalue weighted by Gasteiger charge is -2.25. The van der Waals surface area contributed by atoms with Gasteiger partial charge in [-0.1, -0.05) is 12.1 Å². The molecule has 0 aliphatic rings. The zero-order valence-electron chi connectivity index (χ0n) is 13.6. The molecule has 1 atom stereocenters. The number of benzene rings is 1. The zero-order chi connectivity index (χ0) is 17.1. The minimum Gasteiger partial charge on any atom is -0.362 e. The summed E-state index contributed by atoms with van der Waals surface area (Å²) >= 11 is 0. The van der Waals surface area contributed by atoms with Crippen LogP contribution in [-0.2, 0) is 14.1 Å². The molecule has 2 rings (SSSR count). The minimum atomic E-state index is -0.483. The fourth-order valence-corrected chi connectivity index (χ4v) is 2.29. The number of halogens is 1. The third-order valence-electron chi connectivity index (χ3n) is 3.66. The molecule has 2 aromatic rings. The fourth-order valence-electron chi connectivity index (χ4n) is 2.29. The van der Waals surface area contributed by atoms with Crippen LogP contribution in [-0.4, -0.2) is 39.9 Å². The molecule has 0 radical (unpaired) electrons. The maximum absolute atomic E-state index is 13.1. The van der Waals surface area contributed by atoms with Crippen molar-refractivity contribution in [1.82, 2.24) is 19.2 Å². The highest BCUT2D eigenvalue weighted by atomic mass is 19.1. The van der Waals surface area contributed by atoms with Crippen molar-refractivity contribution in [2.24, 2.45) is 14.1 Å². The van der Waals surface area contributed by atoms with Crippen molar-refractivity contribution in [3.05, 3.63) is 56.5 Å². The third-order valence-corrected chi connectivity index (χ3v) is 3.66. The van der Waals surface area contributed by atoms with E-state index in [2.05, 4.69) is 10.4 Å². The van der Waals surface area contributed by atoms with Crippen molar-refractivity contribution in [2.75, 3.05) is 26.0 Å². The summed E-state index contributed by atoms with van der Waals surface area (Å²) in [5, 5.41) is 6.93. The van der Waals surface area contributed by atoms with Crippen LogP contribution >= 0.6 is 0 Å². The van der Waals surface area contributed by atoms with E-state index in [0.29, 0.717) is 6.54 Å². The summed E-state index contributed by atoms with van der Waals surface area (Å²) in [6, 6.07) is 6.12. The van der Waals surface area contributed by atoms with E-state index in [1.54, 1.807) is 12.1 Å². The van der Waals surface area contributed by atoms with E-state index in [1.807, 2.05) is 19.0 Å². The van der Waals surface area contributed by atoms with Gasteiger partial charge in [-0.2, -0.15) is 0 Å². The number of aryl methyl sites for hydroxylation is 1. The van der Waals surface area contributed by atoms with Gasteiger partial charge in [0, 0.05) is 20.6 Å². The Kier molecular flexibility index (Phi) is 4.95. The second-order valence-corrected chi connectivity index (χ2v) is 5.53. The standard InChI is InChI=1S/C15H20FN5O2/c1-19(2)12(10-5-7-11(16)8-6-10)9-17-13-14(22)20(3)15(23)21(4)18-13/h5-8,12H,9H2,1-4H3,(H,17,18). The number of anilines is 1. The summed E-state index contributed by atoms with van der Waals surface area (Å²) in [7, 11) is 6.67. The molecular formula is C15H20FN5O2. The summed E-state index contributed by atoms with van der Waals surface area (Å²) in [5.41, 5.74) is -0.0569. The van der Waals surface area contributed by atoms with Gasteiger partial charge >= 0.3 is 5.69 Å². The van der Waals surface area contributed by atoms with Gasteiger partial charge in [-0.3, -0.25) is 9.36 Å². The van der Waals surface area contributed by atoms with Crippen LogP contribution in [0, 0.1) is 5.82 Å². The van der Waals surface area contributed by atoms with Crippen LogP contribution in [0.25, 0.3) is 0 Å². The summed E-state index contributed by atoms with van der Waals surface area (Å²) in [4.78, 5) is 25.7. The quantitative estimate of drug-likeness (QED) is 0.859.